The van der Waals surface area contributed by atoms with Gasteiger partial charge in [0, 0.05) is 25.8 Å². The van der Waals surface area contributed by atoms with Crippen molar-refractivity contribution in [1.82, 2.24) is 25.2 Å². The lowest BCUT2D eigenvalue weighted by Crippen LogP contribution is -2.42. The molecule has 2 heterocycles. The largest absolute Gasteiger partial charge is 0.317 e. The van der Waals surface area contributed by atoms with Crippen molar-refractivity contribution in [1.29, 1.82) is 0 Å². The third-order valence-electron chi connectivity index (χ3n) is 3.25. The molecule has 0 atom stereocenters. The Hall–Kier alpha value is -0.940. The van der Waals surface area contributed by atoms with Gasteiger partial charge in [0.05, 0.1) is 5.69 Å². The molecular formula is C11H21N5. The molecule has 0 bridgehead atoms. The molecule has 90 valence electrons. The number of hydrogen-bond acceptors (Lipinski definition) is 4. The van der Waals surface area contributed by atoms with Crippen LogP contribution in [0.4, 0.5) is 0 Å². The Morgan fingerprint density at radius 3 is 2.81 bits per heavy atom. The standard InChI is InChI=1S/C11H21N5/c1-3-16(11-4-6-12-7-5-11)9-10-8-15(2)14-13-10/h8,11-12H,3-7,9H2,1-2H3. The van der Waals surface area contributed by atoms with Crippen LogP contribution in [0.3, 0.4) is 0 Å². The number of aryl methyl sites for hydroxylation is 1. The maximum absolute atomic E-state index is 4.15. The average Bonchev–Trinajstić information content (AvgIpc) is 2.73. The van der Waals surface area contributed by atoms with Gasteiger partial charge in [-0.15, -0.1) is 5.10 Å². The number of piperidine rings is 1. The highest BCUT2D eigenvalue weighted by Crippen LogP contribution is 2.13. The first kappa shape index (κ1) is 11.5. The molecule has 0 aromatic carbocycles. The van der Waals surface area contributed by atoms with Gasteiger partial charge in [0.1, 0.15) is 0 Å². The van der Waals surface area contributed by atoms with E-state index in [0.717, 1.165) is 31.9 Å². The second-order valence-corrected chi connectivity index (χ2v) is 4.43. The summed E-state index contributed by atoms with van der Waals surface area (Å²) >= 11 is 0. The van der Waals surface area contributed by atoms with Gasteiger partial charge in [-0.05, 0) is 32.5 Å². The van der Waals surface area contributed by atoms with Crippen molar-refractivity contribution in [3.63, 3.8) is 0 Å². The van der Waals surface area contributed by atoms with Gasteiger partial charge in [0.2, 0.25) is 0 Å². The summed E-state index contributed by atoms with van der Waals surface area (Å²) in [6, 6.07) is 0.702. The number of nitrogens with one attached hydrogen (secondary N) is 1. The Kier molecular flexibility index (Phi) is 3.90. The third kappa shape index (κ3) is 2.80. The maximum atomic E-state index is 4.15. The minimum Gasteiger partial charge on any atom is -0.317 e. The molecule has 0 unspecified atom stereocenters. The van der Waals surface area contributed by atoms with E-state index >= 15 is 0 Å². The van der Waals surface area contributed by atoms with E-state index in [2.05, 4.69) is 27.5 Å². The second-order valence-electron chi connectivity index (χ2n) is 4.43. The smallest absolute Gasteiger partial charge is 0.0967 e. The van der Waals surface area contributed by atoms with E-state index in [4.69, 9.17) is 0 Å². The van der Waals surface area contributed by atoms with Crippen LogP contribution in [0.2, 0.25) is 0 Å². The minimum absolute atomic E-state index is 0.702. The maximum Gasteiger partial charge on any atom is 0.0967 e. The summed E-state index contributed by atoms with van der Waals surface area (Å²) in [6.07, 6.45) is 4.49. The zero-order valence-electron chi connectivity index (χ0n) is 10.2. The van der Waals surface area contributed by atoms with Crippen LogP contribution in [0, 0.1) is 0 Å². The van der Waals surface area contributed by atoms with Crippen LogP contribution in [0.1, 0.15) is 25.5 Å². The van der Waals surface area contributed by atoms with Crippen LogP contribution in [0.5, 0.6) is 0 Å². The summed E-state index contributed by atoms with van der Waals surface area (Å²) in [4.78, 5) is 2.50. The molecule has 0 aliphatic carbocycles. The highest BCUT2D eigenvalue weighted by Gasteiger charge is 2.20. The van der Waals surface area contributed by atoms with Gasteiger partial charge in [0.25, 0.3) is 0 Å². The van der Waals surface area contributed by atoms with E-state index in [1.165, 1.54) is 12.8 Å². The van der Waals surface area contributed by atoms with Crippen LogP contribution in [0.15, 0.2) is 6.20 Å². The quantitative estimate of drug-likeness (QED) is 0.802. The molecule has 0 radical (unpaired) electrons. The Labute approximate surface area is 96.8 Å². The fourth-order valence-electron chi connectivity index (χ4n) is 2.35. The first-order valence-electron chi connectivity index (χ1n) is 6.09. The summed E-state index contributed by atoms with van der Waals surface area (Å²) in [7, 11) is 1.91. The third-order valence-corrected chi connectivity index (χ3v) is 3.25. The molecule has 1 saturated heterocycles. The molecule has 0 spiro atoms. The van der Waals surface area contributed by atoms with Crippen LogP contribution >= 0.6 is 0 Å². The monoisotopic (exact) mass is 223 g/mol. The van der Waals surface area contributed by atoms with Crippen molar-refractivity contribution >= 4 is 0 Å². The van der Waals surface area contributed by atoms with Gasteiger partial charge in [-0.2, -0.15) is 0 Å². The molecule has 1 aromatic rings. The Morgan fingerprint density at radius 2 is 2.25 bits per heavy atom. The number of aromatic nitrogens is 3. The normalized spacial score (nSPS) is 18.2. The van der Waals surface area contributed by atoms with Crippen LogP contribution in [-0.2, 0) is 13.6 Å². The zero-order valence-corrected chi connectivity index (χ0v) is 10.2. The van der Waals surface area contributed by atoms with E-state index in [1.54, 1.807) is 4.68 Å². The molecule has 1 aromatic heterocycles. The van der Waals surface area contributed by atoms with Gasteiger partial charge in [-0.1, -0.05) is 12.1 Å². The van der Waals surface area contributed by atoms with Gasteiger partial charge in [-0.25, -0.2) is 0 Å². The lowest BCUT2D eigenvalue weighted by Gasteiger charge is -2.33. The Bertz CT molecular complexity index is 316. The van der Waals surface area contributed by atoms with Gasteiger partial charge < -0.3 is 5.32 Å². The molecule has 0 saturated carbocycles. The van der Waals surface area contributed by atoms with E-state index in [-0.39, 0.29) is 0 Å². The molecular weight excluding hydrogens is 202 g/mol. The summed E-state index contributed by atoms with van der Waals surface area (Å²) in [5.41, 5.74) is 1.07. The van der Waals surface area contributed by atoms with Crippen molar-refractivity contribution in [3.05, 3.63) is 11.9 Å². The molecule has 5 nitrogen and oxygen atoms in total. The van der Waals surface area contributed by atoms with Crippen molar-refractivity contribution in [3.8, 4) is 0 Å². The number of rotatable bonds is 4. The fraction of sp³-hybridized carbons (Fsp3) is 0.818. The molecule has 0 amide bonds. The predicted octanol–water partition coefficient (Wildman–Crippen LogP) is 0.389. The van der Waals surface area contributed by atoms with E-state index in [9.17, 15) is 0 Å². The van der Waals surface area contributed by atoms with E-state index in [0.29, 0.717) is 6.04 Å². The summed E-state index contributed by atoms with van der Waals surface area (Å²) in [5, 5.41) is 11.5. The average molecular weight is 223 g/mol. The van der Waals surface area contributed by atoms with E-state index in [1.807, 2.05) is 13.2 Å². The van der Waals surface area contributed by atoms with Crippen molar-refractivity contribution in [2.75, 3.05) is 19.6 Å². The summed E-state index contributed by atoms with van der Waals surface area (Å²) in [5.74, 6) is 0. The topological polar surface area (TPSA) is 46.0 Å². The highest BCUT2D eigenvalue weighted by atomic mass is 15.4. The van der Waals surface area contributed by atoms with Gasteiger partial charge in [-0.3, -0.25) is 9.58 Å². The van der Waals surface area contributed by atoms with Crippen LogP contribution in [-0.4, -0.2) is 45.6 Å². The fourth-order valence-corrected chi connectivity index (χ4v) is 2.35. The number of hydrogen-bond donors (Lipinski definition) is 1. The Balaban J connectivity index is 1.94. The minimum atomic E-state index is 0.702. The van der Waals surface area contributed by atoms with Crippen LogP contribution in [0.25, 0.3) is 0 Å². The molecule has 1 N–H and O–H groups in total. The zero-order chi connectivity index (χ0) is 11.4. The Morgan fingerprint density at radius 1 is 1.50 bits per heavy atom. The highest BCUT2D eigenvalue weighted by molar-refractivity contribution is 4.93. The second kappa shape index (κ2) is 5.41. The van der Waals surface area contributed by atoms with Crippen molar-refractivity contribution < 1.29 is 0 Å². The molecule has 1 aliphatic heterocycles. The molecule has 16 heavy (non-hydrogen) atoms. The van der Waals surface area contributed by atoms with E-state index < -0.39 is 0 Å². The molecule has 1 fully saturated rings. The predicted molar refractivity (Wildman–Crippen MR) is 63.0 cm³/mol. The first-order valence-corrected chi connectivity index (χ1v) is 6.09. The van der Waals surface area contributed by atoms with Gasteiger partial charge >= 0.3 is 0 Å². The summed E-state index contributed by atoms with van der Waals surface area (Å²) in [6.45, 7) is 6.51. The van der Waals surface area contributed by atoms with Crippen LogP contribution < -0.4 is 5.32 Å². The molecule has 1 aliphatic rings. The first-order chi connectivity index (χ1) is 7.79. The lowest BCUT2D eigenvalue weighted by atomic mass is 10.0. The van der Waals surface area contributed by atoms with Crippen molar-refractivity contribution in [2.45, 2.75) is 32.4 Å². The summed E-state index contributed by atoms with van der Waals surface area (Å²) < 4.78 is 1.77. The lowest BCUT2D eigenvalue weighted by molar-refractivity contribution is 0.160. The van der Waals surface area contributed by atoms with Crippen molar-refractivity contribution in [2.24, 2.45) is 7.05 Å². The SMILES string of the molecule is CCN(Cc1cn(C)nn1)C1CCNCC1. The number of nitrogens with zero attached hydrogens (tertiary/aromatic N) is 4. The van der Waals surface area contributed by atoms with Gasteiger partial charge in [0.15, 0.2) is 0 Å². The molecule has 5 heteroatoms. The molecule has 2 rings (SSSR count).